The smallest absolute Gasteiger partial charge is 0.266 e. The van der Waals surface area contributed by atoms with Crippen molar-refractivity contribution in [1.29, 1.82) is 0 Å². The van der Waals surface area contributed by atoms with E-state index < -0.39 is 0 Å². The fourth-order valence-corrected chi connectivity index (χ4v) is 4.39. The van der Waals surface area contributed by atoms with E-state index in [0.717, 1.165) is 33.6 Å². The number of hydrogen-bond acceptors (Lipinski definition) is 4. The molecule has 0 atom stereocenters. The van der Waals surface area contributed by atoms with Gasteiger partial charge < -0.3 is 5.32 Å². The molecule has 0 aliphatic carbocycles. The number of hydrogen-bond donors (Lipinski definition) is 1. The Morgan fingerprint density at radius 1 is 0.969 bits per heavy atom. The standard InChI is InChI=1S/C26H25N3O2S/c1-16-12-13-18(3)22(14-16)27-24(30)15-32-26-28-21-10-6-5-9-20(21)25(31)29(26)23-11-7-8-17(2)19(23)4/h5-14H,15H2,1-4H3,(H,27,30). The number of amides is 1. The number of fused-ring (bicyclic) bond motifs is 1. The number of nitrogens with zero attached hydrogens (tertiary/aromatic N) is 2. The number of aromatic nitrogens is 2. The highest BCUT2D eigenvalue weighted by Gasteiger charge is 2.17. The molecule has 0 unspecified atom stereocenters. The number of aryl methyl sites for hydroxylation is 3. The summed E-state index contributed by atoms with van der Waals surface area (Å²) >= 11 is 1.26. The number of anilines is 1. The largest absolute Gasteiger partial charge is 0.325 e. The van der Waals surface area contributed by atoms with Crippen molar-refractivity contribution < 1.29 is 4.79 Å². The first-order chi connectivity index (χ1) is 15.3. The molecule has 4 aromatic rings. The molecule has 0 saturated heterocycles. The molecular weight excluding hydrogens is 418 g/mol. The van der Waals surface area contributed by atoms with Gasteiger partial charge in [-0.15, -0.1) is 0 Å². The van der Waals surface area contributed by atoms with Crippen LogP contribution in [0.3, 0.4) is 0 Å². The molecule has 0 bridgehead atoms. The van der Waals surface area contributed by atoms with Gasteiger partial charge in [0.2, 0.25) is 5.91 Å². The Labute approximate surface area is 191 Å². The third-order valence-corrected chi connectivity index (χ3v) is 6.50. The van der Waals surface area contributed by atoms with E-state index in [-0.39, 0.29) is 17.2 Å². The Morgan fingerprint density at radius 2 is 1.75 bits per heavy atom. The molecule has 6 heteroatoms. The van der Waals surface area contributed by atoms with Gasteiger partial charge in [-0.3, -0.25) is 14.2 Å². The van der Waals surface area contributed by atoms with E-state index >= 15 is 0 Å². The lowest BCUT2D eigenvalue weighted by atomic mass is 10.1. The maximum atomic E-state index is 13.4. The Kier molecular flexibility index (Phi) is 6.15. The first kappa shape index (κ1) is 21.8. The monoisotopic (exact) mass is 443 g/mol. The molecule has 0 aliphatic rings. The van der Waals surface area contributed by atoms with Crippen LogP contribution in [0.2, 0.25) is 0 Å². The topological polar surface area (TPSA) is 64.0 Å². The van der Waals surface area contributed by atoms with Crippen molar-refractivity contribution in [2.24, 2.45) is 0 Å². The summed E-state index contributed by atoms with van der Waals surface area (Å²) in [6, 6.07) is 19.1. The molecule has 0 fully saturated rings. The molecule has 0 saturated carbocycles. The number of rotatable bonds is 5. The van der Waals surface area contributed by atoms with E-state index in [9.17, 15) is 9.59 Å². The number of thioether (sulfide) groups is 1. The van der Waals surface area contributed by atoms with Crippen LogP contribution in [0.25, 0.3) is 16.6 Å². The van der Waals surface area contributed by atoms with Crippen LogP contribution >= 0.6 is 11.8 Å². The van der Waals surface area contributed by atoms with Crippen molar-refractivity contribution in [2.45, 2.75) is 32.9 Å². The lowest BCUT2D eigenvalue weighted by molar-refractivity contribution is -0.113. The molecule has 3 aromatic carbocycles. The number of benzene rings is 3. The molecule has 162 valence electrons. The molecule has 0 radical (unpaired) electrons. The van der Waals surface area contributed by atoms with Gasteiger partial charge in [0.25, 0.3) is 5.56 Å². The molecule has 0 aliphatic heterocycles. The predicted octanol–water partition coefficient (Wildman–Crippen LogP) is 5.35. The van der Waals surface area contributed by atoms with Crippen LogP contribution in [0.5, 0.6) is 0 Å². The molecule has 4 rings (SSSR count). The summed E-state index contributed by atoms with van der Waals surface area (Å²) in [7, 11) is 0. The van der Waals surface area contributed by atoms with Gasteiger partial charge >= 0.3 is 0 Å². The highest BCUT2D eigenvalue weighted by molar-refractivity contribution is 7.99. The zero-order chi connectivity index (χ0) is 22.8. The first-order valence-corrected chi connectivity index (χ1v) is 11.4. The molecule has 32 heavy (non-hydrogen) atoms. The van der Waals surface area contributed by atoms with E-state index in [1.807, 2.05) is 82.3 Å². The van der Waals surface area contributed by atoms with Crippen LogP contribution in [-0.2, 0) is 4.79 Å². The third-order valence-electron chi connectivity index (χ3n) is 5.56. The Hall–Kier alpha value is -3.38. The second-order valence-electron chi connectivity index (χ2n) is 7.93. The molecule has 5 nitrogen and oxygen atoms in total. The van der Waals surface area contributed by atoms with Gasteiger partial charge in [0, 0.05) is 5.69 Å². The number of carbonyl (C=O) groups is 1. The lowest BCUT2D eigenvalue weighted by Gasteiger charge is -2.16. The first-order valence-electron chi connectivity index (χ1n) is 10.4. The fourth-order valence-electron chi connectivity index (χ4n) is 3.59. The highest BCUT2D eigenvalue weighted by Crippen LogP contribution is 2.25. The van der Waals surface area contributed by atoms with E-state index in [0.29, 0.717) is 16.1 Å². The quantitative estimate of drug-likeness (QED) is 0.334. The summed E-state index contributed by atoms with van der Waals surface area (Å²) in [5.41, 5.74) is 6.25. The van der Waals surface area contributed by atoms with Crippen molar-refractivity contribution in [3.8, 4) is 5.69 Å². The van der Waals surface area contributed by atoms with Crippen molar-refractivity contribution >= 4 is 34.3 Å². The van der Waals surface area contributed by atoms with E-state index in [2.05, 4.69) is 5.32 Å². The molecule has 1 N–H and O–H groups in total. The SMILES string of the molecule is Cc1ccc(C)c(NC(=O)CSc2nc3ccccc3c(=O)n2-c2cccc(C)c2C)c1. The minimum absolute atomic E-state index is 0.137. The van der Waals surface area contributed by atoms with Crippen LogP contribution in [0.1, 0.15) is 22.3 Å². The fraction of sp³-hybridized carbons (Fsp3) is 0.192. The van der Waals surface area contributed by atoms with Gasteiger partial charge in [-0.2, -0.15) is 0 Å². The summed E-state index contributed by atoms with van der Waals surface area (Å²) in [6.45, 7) is 7.97. The zero-order valence-electron chi connectivity index (χ0n) is 18.6. The number of para-hydroxylation sites is 1. The number of carbonyl (C=O) groups excluding carboxylic acids is 1. The van der Waals surface area contributed by atoms with Gasteiger partial charge in [0.1, 0.15) is 0 Å². The summed E-state index contributed by atoms with van der Waals surface area (Å²) < 4.78 is 1.63. The van der Waals surface area contributed by atoms with Gasteiger partial charge in [-0.05, 0) is 74.2 Å². The molecular formula is C26H25N3O2S. The van der Waals surface area contributed by atoms with Gasteiger partial charge in [0.15, 0.2) is 5.16 Å². The second-order valence-corrected chi connectivity index (χ2v) is 8.87. The van der Waals surface area contributed by atoms with Gasteiger partial charge in [0.05, 0.1) is 22.3 Å². The molecule has 1 amide bonds. The van der Waals surface area contributed by atoms with Crippen LogP contribution in [0.4, 0.5) is 5.69 Å². The minimum Gasteiger partial charge on any atom is -0.325 e. The molecule has 1 heterocycles. The van der Waals surface area contributed by atoms with Crippen LogP contribution in [-0.4, -0.2) is 21.2 Å². The van der Waals surface area contributed by atoms with E-state index in [1.165, 1.54) is 11.8 Å². The maximum absolute atomic E-state index is 13.4. The average Bonchev–Trinajstić information content (AvgIpc) is 2.77. The Balaban J connectivity index is 1.71. The normalized spacial score (nSPS) is 11.0. The van der Waals surface area contributed by atoms with Crippen LogP contribution < -0.4 is 10.9 Å². The summed E-state index contributed by atoms with van der Waals surface area (Å²) in [4.78, 5) is 30.9. The van der Waals surface area contributed by atoms with Crippen LogP contribution in [0.15, 0.2) is 70.6 Å². The second kappa shape index (κ2) is 9.01. The lowest BCUT2D eigenvalue weighted by Crippen LogP contribution is -2.23. The van der Waals surface area contributed by atoms with Crippen LogP contribution in [0, 0.1) is 27.7 Å². The molecule has 1 aromatic heterocycles. The average molecular weight is 444 g/mol. The highest BCUT2D eigenvalue weighted by atomic mass is 32.2. The third kappa shape index (κ3) is 4.32. The predicted molar refractivity (Wildman–Crippen MR) is 132 cm³/mol. The van der Waals surface area contributed by atoms with Gasteiger partial charge in [-0.25, -0.2) is 4.98 Å². The Morgan fingerprint density at radius 3 is 2.56 bits per heavy atom. The summed E-state index contributed by atoms with van der Waals surface area (Å²) in [5, 5.41) is 4.03. The summed E-state index contributed by atoms with van der Waals surface area (Å²) in [6.07, 6.45) is 0. The Bertz CT molecular complexity index is 1390. The van der Waals surface area contributed by atoms with Crippen molar-refractivity contribution in [1.82, 2.24) is 9.55 Å². The molecule has 0 spiro atoms. The maximum Gasteiger partial charge on any atom is 0.266 e. The zero-order valence-corrected chi connectivity index (χ0v) is 19.4. The minimum atomic E-state index is -0.140. The van der Waals surface area contributed by atoms with E-state index in [4.69, 9.17) is 4.98 Å². The van der Waals surface area contributed by atoms with E-state index in [1.54, 1.807) is 10.6 Å². The number of nitrogens with one attached hydrogen (secondary N) is 1. The summed E-state index contributed by atoms with van der Waals surface area (Å²) in [5.74, 6) is 0.00173. The van der Waals surface area contributed by atoms with Crippen molar-refractivity contribution in [3.05, 3.63) is 93.3 Å². The van der Waals surface area contributed by atoms with Crippen molar-refractivity contribution in [3.63, 3.8) is 0 Å². The van der Waals surface area contributed by atoms with Gasteiger partial charge in [-0.1, -0.05) is 48.2 Å². The van der Waals surface area contributed by atoms with Crippen molar-refractivity contribution in [2.75, 3.05) is 11.1 Å².